The molecule has 0 bridgehead atoms. The second-order valence-electron chi connectivity index (χ2n) is 6.79. The number of esters is 1. The summed E-state index contributed by atoms with van der Waals surface area (Å²) in [6.07, 6.45) is 2.32. The van der Waals surface area contributed by atoms with Crippen molar-refractivity contribution in [1.29, 1.82) is 0 Å². The molecule has 1 atom stereocenters. The zero-order valence-electron chi connectivity index (χ0n) is 16.5. The number of methoxy groups -OCH3 is 2. The van der Waals surface area contributed by atoms with Crippen LogP contribution in [0.1, 0.15) is 12.8 Å². The Balaban J connectivity index is 2.00. The van der Waals surface area contributed by atoms with E-state index in [2.05, 4.69) is 4.99 Å². The van der Waals surface area contributed by atoms with E-state index in [-0.39, 0.29) is 13.1 Å². The first-order valence-electron chi connectivity index (χ1n) is 9.01. The van der Waals surface area contributed by atoms with Gasteiger partial charge in [0, 0.05) is 13.1 Å². The zero-order chi connectivity index (χ0) is 21.2. The molecular formula is C18H23N3O6S2. The molecule has 0 spiro atoms. The van der Waals surface area contributed by atoms with Gasteiger partial charge >= 0.3 is 5.97 Å². The quantitative estimate of drug-likeness (QED) is 0.641. The van der Waals surface area contributed by atoms with Gasteiger partial charge in [-0.2, -0.15) is 4.99 Å². The summed E-state index contributed by atoms with van der Waals surface area (Å²) in [6, 6.07) is 5.37. The molecule has 2 aromatic rings. The number of carbonyl (C=O) groups excluding carboxylic acids is 2. The lowest BCUT2D eigenvalue weighted by Gasteiger charge is -2.28. The highest BCUT2D eigenvalue weighted by molar-refractivity contribution is 7.88. The fraction of sp³-hybridized carbons (Fsp3) is 0.500. The number of piperidine rings is 1. The minimum Gasteiger partial charge on any atom is -0.497 e. The van der Waals surface area contributed by atoms with Gasteiger partial charge in [0.2, 0.25) is 10.0 Å². The van der Waals surface area contributed by atoms with Crippen molar-refractivity contribution in [3.05, 3.63) is 23.0 Å². The van der Waals surface area contributed by atoms with Gasteiger partial charge in [-0.1, -0.05) is 11.3 Å². The van der Waals surface area contributed by atoms with Gasteiger partial charge in [-0.25, -0.2) is 12.7 Å². The fourth-order valence-corrected chi connectivity index (χ4v) is 5.22. The van der Waals surface area contributed by atoms with Crippen LogP contribution in [0.4, 0.5) is 0 Å². The second-order valence-corrected chi connectivity index (χ2v) is 9.78. The summed E-state index contributed by atoms with van der Waals surface area (Å²) in [4.78, 5) is 29.3. The molecule has 0 aliphatic carbocycles. The Bertz CT molecular complexity index is 1100. The number of aromatic nitrogens is 1. The van der Waals surface area contributed by atoms with E-state index in [1.807, 2.05) is 6.07 Å². The molecule has 1 fully saturated rings. The minimum absolute atomic E-state index is 0.0882. The Labute approximate surface area is 172 Å². The number of carbonyl (C=O) groups is 2. The number of ether oxygens (including phenoxy) is 2. The van der Waals surface area contributed by atoms with E-state index in [1.165, 1.54) is 22.8 Å². The molecule has 1 aromatic heterocycles. The molecule has 158 valence electrons. The van der Waals surface area contributed by atoms with Crippen LogP contribution in [-0.4, -0.2) is 62.7 Å². The van der Waals surface area contributed by atoms with E-state index in [0.717, 1.165) is 16.5 Å². The maximum Gasteiger partial charge on any atom is 0.325 e. The molecule has 29 heavy (non-hydrogen) atoms. The van der Waals surface area contributed by atoms with E-state index in [9.17, 15) is 18.0 Å². The predicted molar refractivity (Wildman–Crippen MR) is 108 cm³/mol. The number of benzene rings is 1. The third-order valence-electron chi connectivity index (χ3n) is 4.81. The first kappa shape index (κ1) is 21.5. The van der Waals surface area contributed by atoms with Crippen molar-refractivity contribution < 1.29 is 27.5 Å². The summed E-state index contributed by atoms with van der Waals surface area (Å²) in [5.74, 6) is -0.714. The Morgan fingerprint density at radius 2 is 2.07 bits per heavy atom. The number of rotatable bonds is 5. The lowest BCUT2D eigenvalue weighted by atomic mass is 9.99. The molecule has 1 aliphatic heterocycles. The molecule has 0 radical (unpaired) electrons. The number of fused-ring (bicyclic) bond motifs is 1. The lowest BCUT2D eigenvalue weighted by molar-refractivity contribution is -0.141. The maximum atomic E-state index is 12.8. The standard InChI is InChI=1S/C18H23N3O6S2/c1-26-13-6-7-14-15(9-13)28-18(21(14)11-16(22)27-2)19-17(23)12-5-4-8-20(10-12)29(3,24)25/h6-7,9,12H,4-5,8,10-11H2,1-3H3. The van der Waals surface area contributed by atoms with Gasteiger partial charge in [-0.3, -0.25) is 9.59 Å². The Hall–Kier alpha value is -2.24. The molecule has 3 rings (SSSR count). The number of sulfonamides is 1. The topological polar surface area (TPSA) is 107 Å². The summed E-state index contributed by atoms with van der Waals surface area (Å²) in [5, 5.41) is 0. The Morgan fingerprint density at radius 1 is 1.31 bits per heavy atom. The molecular weight excluding hydrogens is 418 g/mol. The molecule has 0 saturated carbocycles. The van der Waals surface area contributed by atoms with Gasteiger partial charge < -0.3 is 14.0 Å². The van der Waals surface area contributed by atoms with Crippen LogP contribution in [0.3, 0.4) is 0 Å². The zero-order valence-corrected chi connectivity index (χ0v) is 18.1. The van der Waals surface area contributed by atoms with E-state index < -0.39 is 27.8 Å². The number of amides is 1. The number of hydrogen-bond acceptors (Lipinski definition) is 7. The number of hydrogen-bond donors (Lipinski definition) is 0. The highest BCUT2D eigenvalue weighted by Gasteiger charge is 2.30. The SMILES string of the molecule is COC(=O)Cn1c(=NC(=O)C2CCCN(S(C)(=O)=O)C2)sc2cc(OC)ccc21. The number of nitrogens with zero attached hydrogens (tertiary/aromatic N) is 3. The highest BCUT2D eigenvalue weighted by atomic mass is 32.2. The molecule has 1 aliphatic rings. The van der Waals surface area contributed by atoms with Crippen molar-refractivity contribution in [2.24, 2.45) is 10.9 Å². The monoisotopic (exact) mass is 441 g/mol. The summed E-state index contributed by atoms with van der Waals surface area (Å²) in [7, 11) is -0.505. The normalized spacial score (nSPS) is 18.7. The van der Waals surface area contributed by atoms with Crippen LogP contribution >= 0.6 is 11.3 Å². The van der Waals surface area contributed by atoms with Gasteiger partial charge in [0.15, 0.2) is 4.80 Å². The van der Waals surface area contributed by atoms with Crippen molar-refractivity contribution >= 4 is 43.5 Å². The molecule has 1 amide bonds. The summed E-state index contributed by atoms with van der Waals surface area (Å²) in [5.41, 5.74) is 0.731. The van der Waals surface area contributed by atoms with Gasteiger partial charge in [-0.05, 0) is 31.0 Å². The smallest absolute Gasteiger partial charge is 0.325 e. The molecule has 1 aromatic carbocycles. The number of thiazole rings is 1. The van der Waals surface area contributed by atoms with E-state index in [0.29, 0.717) is 29.9 Å². The summed E-state index contributed by atoms with van der Waals surface area (Å²) < 4.78 is 37.4. The van der Waals surface area contributed by atoms with Crippen molar-refractivity contribution in [3.8, 4) is 5.75 Å². The first-order valence-corrected chi connectivity index (χ1v) is 11.7. The largest absolute Gasteiger partial charge is 0.497 e. The van der Waals surface area contributed by atoms with E-state index in [1.54, 1.807) is 23.8 Å². The van der Waals surface area contributed by atoms with Crippen LogP contribution in [0.2, 0.25) is 0 Å². The molecule has 0 N–H and O–H groups in total. The van der Waals surface area contributed by atoms with Crippen LogP contribution in [0.5, 0.6) is 5.75 Å². The van der Waals surface area contributed by atoms with E-state index in [4.69, 9.17) is 9.47 Å². The first-order chi connectivity index (χ1) is 13.7. The van der Waals surface area contributed by atoms with Gasteiger partial charge in [0.25, 0.3) is 5.91 Å². The lowest BCUT2D eigenvalue weighted by Crippen LogP contribution is -2.41. The van der Waals surface area contributed by atoms with Crippen molar-refractivity contribution in [3.63, 3.8) is 0 Å². The van der Waals surface area contributed by atoms with Crippen molar-refractivity contribution in [2.45, 2.75) is 19.4 Å². The molecule has 1 saturated heterocycles. The van der Waals surface area contributed by atoms with Crippen LogP contribution in [0, 0.1) is 5.92 Å². The van der Waals surface area contributed by atoms with Crippen LogP contribution in [0.15, 0.2) is 23.2 Å². The average molecular weight is 442 g/mol. The third-order valence-corrected chi connectivity index (χ3v) is 7.12. The van der Waals surface area contributed by atoms with Crippen LogP contribution < -0.4 is 9.54 Å². The molecule has 11 heteroatoms. The highest BCUT2D eigenvalue weighted by Crippen LogP contribution is 2.24. The molecule has 9 nitrogen and oxygen atoms in total. The van der Waals surface area contributed by atoms with E-state index >= 15 is 0 Å². The average Bonchev–Trinajstić information content (AvgIpc) is 3.03. The maximum absolute atomic E-state index is 12.8. The third kappa shape index (κ3) is 4.85. The van der Waals surface area contributed by atoms with Crippen LogP contribution in [-0.2, 0) is 30.9 Å². The predicted octanol–water partition coefficient (Wildman–Crippen LogP) is 0.983. The Kier molecular flexibility index (Phi) is 6.39. The van der Waals surface area contributed by atoms with Crippen LogP contribution in [0.25, 0.3) is 10.2 Å². The second kappa shape index (κ2) is 8.64. The van der Waals surface area contributed by atoms with Crippen molar-refractivity contribution in [2.75, 3.05) is 33.6 Å². The summed E-state index contributed by atoms with van der Waals surface area (Å²) in [6.45, 7) is 0.444. The fourth-order valence-electron chi connectivity index (χ4n) is 3.24. The minimum atomic E-state index is -3.36. The Morgan fingerprint density at radius 3 is 2.72 bits per heavy atom. The van der Waals surface area contributed by atoms with Gasteiger partial charge in [0.05, 0.1) is 36.6 Å². The van der Waals surface area contributed by atoms with Crippen molar-refractivity contribution in [1.82, 2.24) is 8.87 Å². The van der Waals surface area contributed by atoms with Gasteiger partial charge in [-0.15, -0.1) is 0 Å². The molecule has 2 heterocycles. The van der Waals surface area contributed by atoms with Gasteiger partial charge in [0.1, 0.15) is 12.3 Å². The summed E-state index contributed by atoms with van der Waals surface area (Å²) >= 11 is 1.26. The molecule has 1 unspecified atom stereocenters.